The molecular weight excluding hydrogens is 304 g/mol. The SMILES string of the molecule is C[C@@H]1CCCCN1[C@@H](C)CNC(=O)c1ccc(CNC(N)=O)cc1. The van der Waals surface area contributed by atoms with E-state index >= 15 is 0 Å². The van der Waals surface area contributed by atoms with E-state index in [-0.39, 0.29) is 5.91 Å². The van der Waals surface area contributed by atoms with Crippen molar-refractivity contribution in [3.05, 3.63) is 35.4 Å². The fraction of sp³-hybridized carbons (Fsp3) is 0.556. The first-order valence-electron chi connectivity index (χ1n) is 8.63. The highest BCUT2D eigenvalue weighted by Crippen LogP contribution is 2.18. The number of nitrogens with two attached hydrogens (primary N) is 1. The van der Waals surface area contributed by atoms with Gasteiger partial charge in [-0.1, -0.05) is 18.6 Å². The number of nitrogens with one attached hydrogen (secondary N) is 2. The molecule has 4 N–H and O–H groups in total. The van der Waals surface area contributed by atoms with Crippen LogP contribution in [0.4, 0.5) is 4.79 Å². The molecule has 6 nitrogen and oxygen atoms in total. The molecule has 0 bridgehead atoms. The Bertz CT molecular complexity index is 559. The molecule has 0 aromatic heterocycles. The second-order valence-corrected chi connectivity index (χ2v) is 6.56. The summed E-state index contributed by atoms with van der Waals surface area (Å²) >= 11 is 0. The van der Waals surface area contributed by atoms with Crippen LogP contribution < -0.4 is 16.4 Å². The van der Waals surface area contributed by atoms with Crippen molar-refractivity contribution in [3.8, 4) is 0 Å². The summed E-state index contributed by atoms with van der Waals surface area (Å²) in [5.74, 6) is -0.0686. The summed E-state index contributed by atoms with van der Waals surface area (Å²) < 4.78 is 0. The van der Waals surface area contributed by atoms with E-state index in [0.717, 1.165) is 12.1 Å². The van der Waals surface area contributed by atoms with Gasteiger partial charge in [-0.3, -0.25) is 9.69 Å². The van der Waals surface area contributed by atoms with E-state index in [1.165, 1.54) is 19.3 Å². The molecule has 0 unspecified atom stereocenters. The number of piperidine rings is 1. The zero-order chi connectivity index (χ0) is 17.5. The van der Waals surface area contributed by atoms with Crippen LogP contribution in [-0.4, -0.2) is 42.0 Å². The minimum Gasteiger partial charge on any atom is -0.352 e. The summed E-state index contributed by atoms with van der Waals surface area (Å²) in [7, 11) is 0. The van der Waals surface area contributed by atoms with Crippen molar-refractivity contribution in [1.29, 1.82) is 0 Å². The molecule has 0 spiro atoms. The van der Waals surface area contributed by atoms with E-state index in [0.29, 0.717) is 30.7 Å². The van der Waals surface area contributed by atoms with E-state index in [4.69, 9.17) is 5.73 Å². The molecule has 1 heterocycles. The molecule has 1 aromatic rings. The maximum Gasteiger partial charge on any atom is 0.312 e. The zero-order valence-electron chi connectivity index (χ0n) is 14.5. The highest BCUT2D eigenvalue weighted by molar-refractivity contribution is 5.94. The Hall–Kier alpha value is -2.08. The zero-order valence-corrected chi connectivity index (χ0v) is 14.5. The van der Waals surface area contributed by atoms with E-state index < -0.39 is 6.03 Å². The Morgan fingerprint density at radius 3 is 2.58 bits per heavy atom. The smallest absolute Gasteiger partial charge is 0.312 e. The number of nitrogens with zero attached hydrogens (tertiary/aromatic N) is 1. The molecule has 3 amide bonds. The Morgan fingerprint density at radius 2 is 1.96 bits per heavy atom. The van der Waals surface area contributed by atoms with E-state index in [2.05, 4.69) is 29.4 Å². The molecule has 0 radical (unpaired) electrons. The molecule has 1 saturated heterocycles. The van der Waals surface area contributed by atoms with Crippen LogP contribution in [-0.2, 0) is 6.54 Å². The lowest BCUT2D eigenvalue weighted by Gasteiger charge is -2.38. The van der Waals surface area contributed by atoms with Crippen molar-refractivity contribution in [3.63, 3.8) is 0 Å². The Balaban J connectivity index is 1.82. The number of hydrogen-bond donors (Lipinski definition) is 3. The van der Waals surface area contributed by atoms with Crippen LogP contribution in [0.1, 0.15) is 49.0 Å². The molecule has 1 fully saturated rings. The highest BCUT2D eigenvalue weighted by atomic mass is 16.2. The van der Waals surface area contributed by atoms with Crippen molar-refractivity contribution in [2.75, 3.05) is 13.1 Å². The van der Waals surface area contributed by atoms with Gasteiger partial charge in [0.2, 0.25) is 0 Å². The quantitative estimate of drug-likeness (QED) is 0.743. The number of urea groups is 1. The van der Waals surface area contributed by atoms with Crippen molar-refractivity contribution in [2.45, 2.75) is 51.7 Å². The van der Waals surface area contributed by atoms with Crippen molar-refractivity contribution < 1.29 is 9.59 Å². The van der Waals surface area contributed by atoms with Gasteiger partial charge in [0.1, 0.15) is 0 Å². The molecule has 1 aliphatic rings. The lowest BCUT2D eigenvalue weighted by atomic mass is 10.0. The van der Waals surface area contributed by atoms with Crippen LogP contribution in [0.2, 0.25) is 0 Å². The fourth-order valence-electron chi connectivity index (χ4n) is 3.20. The second kappa shape index (κ2) is 8.68. The third kappa shape index (κ3) is 5.23. The van der Waals surface area contributed by atoms with Crippen LogP contribution in [0.15, 0.2) is 24.3 Å². The van der Waals surface area contributed by atoms with Crippen LogP contribution in [0.25, 0.3) is 0 Å². The number of carbonyl (C=O) groups excluding carboxylic acids is 2. The number of primary amides is 1. The van der Waals surface area contributed by atoms with E-state index in [9.17, 15) is 9.59 Å². The summed E-state index contributed by atoms with van der Waals surface area (Å²) in [5, 5.41) is 5.54. The minimum absolute atomic E-state index is 0.0686. The van der Waals surface area contributed by atoms with E-state index in [1.54, 1.807) is 12.1 Å². The first kappa shape index (κ1) is 18.3. The summed E-state index contributed by atoms with van der Waals surface area (Å²) in [6, 6.07) is 7.54. The summed E-state index contributed by atoms with van der Waals surface area (Å²) in [4.78, 5) is 25.4. The van der Waals surface area contributed by atoms with Gasteiger partial charge in [0.15, 0.2) is 0 Å². The fourth-order valence-corrected chi connectivity index (χ4v) is 3.20. The maximum absolute atomic E-state index is 12.3. The van der Waals surface area contributed by atoms with Gasteiger partial charge < -0.3 is 16.4 Å². The maximum atomic E-state index is 12.3. The molecule has 24 heavy (non-hydrogen) atoms. The highest BCUT2D eigenvalue weighted by Gasteiger charge is 2.23. The molecule has 2 atom stereocenters. The number of carbonyl (C=O) groups is 2. The number of amides is 3. The van der Waals surface area contributed by atoms with Crippen LogP contribution >= 0.6 is 0 Å². The molecule has 0 aliphatic carbocycles. The molecule has 0 saturated carbocycles. The standard InChI is InChI=1S/C18H28N4O2/c1-13-5-3-4-10-22(13)14(2)11-20-17(23)16-8-6-15(7-9-16)12-21-18(19)24/h6-9,13-14H,3-5,10-12H2,1-2H3,(H,20,23)(H3,19,21,24)/t13-,14+/m1/s1. The Labute approximate surface area is 143 Å². The lowest BCUT2D eigenvalue weighted by molar-refractivity contribution is 0.0886. The van der Waals surface area contributed by atoms with Crippen LogP contribution in [0.5, 0.6) is 0 Å². The number of hydrogen-bond acceptors (Lipinski definition) is 3. The predicted octanol–water partition coefficient (Wildman–Crippen LogP) is 1.85. The predicted molar refractivity (Wildman–Crippen MR) is 94.7 cm³/mol. The average molecular weight is 332 g/mol. The van der Waals surface area contributed by atoms with Gasteiger partial charge in [-0.2, -0.15) is 0 Å². The van der Waals surface area contributed by atoms with Crippen molar-refractivity contribution in [1.82, 2.24) is 15.5 Å². The van der Waals surface area contributed by atoms with E-state index in [1.807, 2.05) is 12.1 Å². The monoisotopic (exact) mass is 332 g/mol. The molecule has 2 rings (SSSR count). The number of likely N-dealkylation sites (tertiary alicyclic amines) is 1. The second-order valence-electron chi connectivity index (χ2n) is 6.56. The molecule has 132 valence electrons. The Morgan fingerprint density at radius 1 is 1.25 bits per heavy atom. The topological polar surface area (TPSA) is 87.5 Å². The van der Waals surface area contributed by atoms with Crippen LogP contribution in [0, 0.1) is 0 Å². The first-order valence-corrected chi connectivity index (χ1v) is 8.63. The lowest BCUT2D eigenvalue weighted by Crippen LogP contribution is -2.48. The summed E-state index contributed by atoms with van der Waals surface area (Å²) in [6.07, 6.45) is 3.77. The van der Waals surface area contributed by atoms with Gasteiger partial charge in [-0.25, -0.2) is 4.79 Å². The van der Waals surface area contributed by atoms with Gasteiger partial charge in [0.05, 0.1) is 0 Å². The van der Waals surface area contributed by atoms with Gasteiger partial charge >= 0.3 is 6.03 Å². The molecule has 1 aromatic carbocycles. The van der Waals surface area contributed by atoms with Gasteiger partial charge in [0.25, 0.3) is 5.91 Å². The van der Waals surface area contributed by atoms with Gasteiger partial charge in [-0.05, 0) is 50.9 Å². The van der Waals surface area contributed by atoms with Gasteiger partial charge in [0, 0.05) is 30.7 Å². The molecule has 6 heteroatoms. The molecule has 1 aliphatic heterocycles. The average Bonchev–Trinajstić information content (AvgIpc) is 2.58. The first-order chi connectivity index (χ1) is 11.5. The van der Waals surface area contributed by atoms with Crippen molar-refractivity contribution in [2.24, 2.45) is 5.73 Å². The number of benzene rings is 1. The van der Waals surface area contributed by atoms with Gasteiger partial charge in [-0.15, -0.1) is 0 Å². The third-order valence-electron chi connectivity index (χ3n) is 4.66. The van der Waals surface area contributed by atoms with Crippen molar-refractivity contribution >= 4 is 11.9 Å². The largest absolute Gasteiger partial charge is 0.352 e. The molecular formula is C18H28N4O2. The Kier molecular flexibility index (Phi) is 6.61. The number of rotatable bonds is 6. The summed E-state index contributed by atoms with van der Waals surface area (Å²) in [5.41, 5.74) is 6.56. The normalized spacial score (nSPS) is 19.5. The third-order valence-corrected chi connectivity index (χ3v) is 4.66. The minimum atomic E-state index is -0.558. The summed E-state index contributed by atoms with van der Waals surface area (Å²) in [6.45, 7) is 6.55. The van der Waals surface area contributed by atoms with Crippen LogP contribution in [0.3, 0.4) is 0 Å².